The Morgan fingerprint density at radius 2 is 1.54 bits per heavy atom. The first-order chi connectivity index (χ1) is 18.8. The van der Waals surface area contributed by atoms with Crippen molar-refractivity contribution in [2.24, 2.45) is 0 Å². The number of aromatic hydroxyl groups is 1. The van der Waals surface area contributed by atoms with Crippen molar-refractivity contribution in [3.63, 3.8) is 0 Å². The minimum Gasteiger partial charge on any atom is -0.502 e. The van der Waals surface area contributed by atoms with Crippen molar-refractivity contribution >= 4 is 6.08 Å². The quantitative estimate of drug-likeness (QED) is 0.241. The molecule has 4 rings (SSSR count). The first-order valence-corrected chi connectivity index (χ1v) is 12.3. The van der Waals surface area contributed by atoms with Gasteiger partial charge in [-0.1, -0.05) is 12.2 Å². The minimum atomic E-state index is -1.59. The van der Waals surface area contributed by atoms with Crippen molar-refractivity contribution < 1.29 is 59.1 Å². The van der Waals surface area contributed by atoms with Gasteiger partial charge in [0.1, 0.15) is 30.5 Å². The summed E-state index contributed by atoms with van der Waals surface area (Å²) in [6.07, 6.45) is -4.59. The number of ether oxygens (including phenoxy) is 6. The summed E-state index contributed by atoms with van der Waals surface area (Å²) in [6.45, 7) is -0.842. The largest absolute Gasteiger partial charge is 0.502 e. The Morgan fingerprint density at radius 3 is 2.13 bits per heavy atom. The molecule has 0 aromatic heterocycles. The van der Waals surface area contributed by atoms with Gasteiger partial charge >= 0.3 is 0 Å². The van der Waals surface area contributed by atoms with Crippen LogP contribution in [0.25, 0.3) is 6.08 Å². The van der Waals surface area contributed by atoms with Crippen LogP contribution in [0, 0.1) is 0 Å². The zero-order chi connectivity index (χ0) is 28.3. The van der Waals surface area contributed by atoms with Crippen molar-refractivity contribution in [3.05, 3.63) is 47.0 Å². The molecule has 0 unspecified atom stereocenters. The Balaban J connectivity index is 1.74. The lowest BCUT2D eigenvalue weighted by atomic mass is 9.90. The van der Waals surface area contributed by atoms with E-state index in [1.54, 1.807) is 30.4 Å². The van der Waals surface area contributed by atoms with Gasteiger partial charge in [0.2, 0.25) is 5.75 Å². The Labute approximate surface area is 225 Å². The summed E-state index contributed by atoms with van der Waals surface area (Å²) in [5.74, 6) is 0.484. The number of rotatable bonds is 10. The molecule has 214 valence electrons. The molecule has 0 spiro atoms. The highest BCUT2D eigenvalue weighted by Gasteiger charge is 2.46. The van der Waals surface area contributed by atoms with E-state index in [4.69, 9.17) is 28.4 Å². The number of fused-ring (bicyclic) bond motifs is 1. The number of aliphatic hydroxyl groups excluding tert-OH is 5. The molecule has 1 saturated heterocycles. The Morgan fingerprint density at radius 1 is 0.872 bits per heavy atom. The first kappa shape index (κ1) is 28.9. The number of hydrogen-bond donors (Lipinski definition) is 6. The van der Waals surface area contributed by atoms with E-state index in [0.717, 1.165) is 5.56 Å². The zero-order valence-corrected chi connectivity index (χ0v) is 21.8. The number of phenolic OH excluding ortho intramolecular Hbond substituents is 1. The maximum atomic E-state index is 10.5. The van der Waals surface area contributed by atoms with Crippen LogP contribution in [0.3, 0.4) is 0 Å². The second-order valence-electron chi connectivity index (χ2n) is 9.18. The van der Waals surface area contributed by atoms with Gasteiger partial charge in [-0.3, -0.25) is 0 Å². The van der Waals surface area contributed by atoms with E-state index in [1.165, 1.54) is 21.3 Å². The van der Waals surface area contributed by atoms with Gasteiger partial charge in [0.25, 0.3) is 0 Å². The molecule has 6 N–H and O–H groups in total. The summed E-state index contributed by atoms with van der Waals surface area (Å²) < 4.78 is 34.0. The third-order valence-corrected chi connectivity index (χ3v) is 6.87. The highest BCUT2D eigenvalue weighted by molar-refractivity contribution is 5.63. The lowest BCUT2D eigenvalue weighted by Gasteiger charge is -2.40. The van der Waals surface area contributed by atoms with Gasteiger partial charge in [-0.15, -0.1) is 0 Å². The molecular weight excluding hydrogens is 516 g/mol. The van der Waals surface area contributed by atoms with E-state index >= 15 is 0 Å². The van der Waals surface area contributed by atoms with E-state index in [0.29, 0.717) is 22.6 Å². The van der Waals surface area contributed by atoms with Crippen molar-refractivity contribution in [1.29, 1.82) is 0 Å². The van der Waals surface area contributed by atoms with E-state index < -0.39 is 49.3 Å². The summed E-state index contributed by atoms with van der Waals surface area (Å²) in [7, 11) is 4.31. The van der Waals surface area contributed by atoms with Gasteiger partial charge in [0, 0.05) is 11.1 Å². The van der Waals surface area contributed by atoms with Crippen LogP contribution in [0.15, 0.2) is 30.3 Å². The first-order valence-electron chi connectivity index (χ1n) is 12.3. The van der Waals surface area contributed by atoms with Gasteiger partial charge in [-0.2, -0.15) is 0 Å². The third kappa shape index (κ3) is 5.63. The molecular formula is C27H34O12. The van der Waals surface area contributed by atoms with Crippen LogP contribution in [-0.4, -0.2) is 102 Å². The van der Waals surface area contributed by atoms with Crippen LogP contribution in [0.1, 0.15) is 28.7 Å². The second kappa shape index (κ2) is 12.4. The average molecular weight is 551 g/mol. The summed E-state index contributed by atoms with van der Waals surface area (Å²) in [5.41, 5.74) is 1.99. The molecule has 0 bridgehead atoms. The summed E-state index contributed by atoms with van der Waals surface area (Å²) in [4.78, 5) is 0. The highest BCUT2D eigenvalue weighted by Crippen LogP contribution is 2.53. The molecule has 7 atom stereocenters. The van der Waals surface area contributed by atoms with Crippen LogP contribution in [-0.2, 0) is 9.47 Å². The molecule has 2 aromatic carbocycles. The molecule has 12 nitrogen and oxygen atoms in total. The minimum absolute atomic E-state index is 0.0951. The smallest absolute Gasteiger partial charge is 0.200 e. The van der Waals surface area contributed by atoms with Crippen LogP contribution in [0.5, 0.6) is 28.7 Å². The van der Waals surface area contributed by atoms with Crippen molar-refractivity contribution in [2.45, 2.75) is 42.7 Å². The number of hydrogen-bond acceptors (Lipinski definition) is 12. The fraction of sp³-hybridized carbons (Fsp3) is 0.481. The number of methoxy groups -OCH3 is 3. The fourth-order valence-electron chi connectivity index (χ4n) is 4.82. The molecule has 2 aliphatic rings. The lowest BCUT2D eigenvalue weighted by Crippen LogP contribution is -2.59. The second-order valence-corrected chi connectivity index (χ2v) is 9.18. The molecule has 0 amide bonds. The van der Waals surface area contributed by atoms with Crippen LogP contribution in [0.2, 0.25) is 0 Å². The predicted molar refractivity (Wildman–Crippen MR) is 136 cm³/mol. The monoisotopic (exact) mass is 550 g/mol. The molecule has 39 heavy (non-hydrogen) atoms. The zero-order valence-electron chi connectivity index (χ0n) is 21.8. The van der Waals surface area contributed by atoms with Gasteiger partial charge in [0.05, 0.1) is 47.1 Å². The third-order valence-electron chi connectivity index (χ3n) is 6.87. The normalized spacial score (nSPS) is 28.3. The van der Waals surface area contributed by atoms with Gasteiger partial charge in [-0.05, 0) is 29.8 Å². The van der Waals surface area contributed by atoms with Gasteiger partial charge < -0.3 is 59.1 Å². The Hall–Kier alpha value is -3.10. The molecule has 0 aliphatic carbocycles. The number of aliphatic hydroxyl groups is 5. The van der Waals surface area contributed by atoms with Crippen molar-refractivity contribution in [1.82, 2.24) is 0 Å². The van der Waals surface area contributed by atoms with Crippen LogP contribution >= 0.6 is 0 Å². The van der Waals surface area contributed by atoms with Gasteiger partial charge in [-0.25, -0.2) is 0 Å². The summed E-state index contributed by atoms with van der Waals surface area (Å²) in [5, 5.41) is 60.0. The summed E-state index contributed by atoms with van der Waals surface area (Å²) in [6, 6.07) is 6.81. The molecule has 2 heterocycles. The molecule has 1 fully saturated rings. The molecule has 12 heteroatoms. The number of benzene rings is 2. The topological polar surface area (TPSA) is 177 Å². The van der Waals surface area contributed by atoms with Crippen molar-refractivity contribution in [3.8, 4) is 28.7 Å². The van der Waals surface area contributed by atoms with E-state index in [2.05, 4.69) is 0 Å². The predicted octanol–water partition coefficient (Wildman–Crippen LogP) is 0.457. The van der Waals surface area contributed by atoms with Gasteiger partial charge in [0.15, 0.2) is 29.3 Å². The van der Waals surface area contributed by atoms with Crippen LogP contribution in [0.4, 0.5) is 0 Å². The van der Waals surface area contributed by atoms with Crippen LogP contribution < -0.4 is 18.9 Å². The molecule has 0 saturated carbocycles. The standard InChI is InChI=1S/C27H34O12/c1-34-17-9-14(10-18(35-2)21(17)30)25-16(12-37-27-24(33)23(32)22(31)20(11-29)38-27)15-7-13(5-4-6-28)8-19(36-3)26(15)39-25/h4-5,7-10,16,20,22-25,27-33H,6,11-12H2,1-3H3/b5-4+/t16-,20-,22-,23+,24-,25+,27-/m1/s1. The Bertz CT molecular complexity index is 1140. The SMILES string of the molecule is COc1cc([C@@H]2Oc3c(OC)cc(/C=C/CO)cc3[C@H]2CO[C@@H]2O[C@H](CO)[C@@H](O)[C@H](O)[C@H]2O)cc(OC)c1O. The maximum Gasteiger partial charge on any atom is 0.200 e. The summed E-state index contributed by atoms with van der Waals surface area (Å²) >= 11 is 0. The van der Waals surface area contributed by atoms with Crippen molar-refractivity contribution in [2.75, 3.05) is 41.2 Å². The Kier molecular flexibility index (Phi) is 9.18. The van der Waals surface area contributed by atoms with E-state index in [1.807, 2.05) is 6.07 Å². The fourth-order valence-corrected chi connectivity index (χ4v) is 4.82. The highest BCUT2D eigenvalue weighted by atomic mass is 16.7. The molecule has 0 radical (unpaired) electrons. The number of phenols is 1. The molecule has 2 aromatic rings. The van der Waals surface area contributed by atoms with E-state index in [9.17, 15) is 30.6 Å². The average Bonchev–Trinajstić information content (AvgIpc) is 3.32. The maximum absolute atomic E-state index is 10.5. The van der Waals surface area contributed by atoms with E-state index in [-0.39, 0.29) is 30.5 Å². The lowest BCUT2D eigenvalue weighted by molar-refractivity contribution is -0.302. The molecule has 2 aliphatic heterocycles.